The van der Waals surface area contributed by atoms with Crippen LogP contribution in [0.4, 0.5) is 0 Å². The van der Waals surface area contributed by atoms with Gasteiger partial charge < -0.3 is 15.7 Å². The van der Waals surface area contributed by atoms with Crippen molar-refractivity contribution in [3.8, 4) is 0 Å². The molecular formula is C16H30N2O. The normalized spacial score (nSPS) is 43.1. The van der Waals surface area contributed by atoms with Crippen molar-refractivity contribution in [1.29, 1.82) is 0 Å². The quantitative estimate of drug-likeness (QED) is 0.712. The maximum atomic E-state index is 9.42. The first-order valence-electron chi connectivity index (χ1n) is 8.46. The van der Waals surface area contributed by atoms with Gasteiger partial charge in [-0.3, -0.25) is 0 Å². The van der Waals surface area contributed by atoms with Crippen LogP contribution in [-0.4, -0.2) is 36.9 Å². The minimum absolute atomic E-state index is 0.393. The van der Waals surface area contributed by atoms with Gasteiger partial charge in [0.2, 0.25) is 0 Å². The monoisotopic (exact) mass is 266 g/mol. The van der Waals surface area contributed by atoms with Crippen molar-refractivity contribution in [2.45, 2.75) is 63.5 Å². The molecule has 5 atom stereocenters. The Bertz CT molecular complexity index is 278. The molecule has 0 aromatic heterocycles. The molecule has 5 unspecified atom stereocenters. The first-order valence-corrected chi connectivity index (χ1v) is 8.46. The Morgan fingerprint density at radius 1 is 0.947 bits per heavy atom. The minimum atomic E-state index is 0.393. The highest BCUT2D eigenvalue weighted by Crippen LogP contribution is 2.34. The topological polar surface area (TPSA) is 44.3 Å². The molecule has 19 heavy (non-hydrogen) atoms. The Kier molecular flexibility index (Phi) is 4.78. The van der Waals surface area contributed by atoms with Gasteiger partial charge in [-0.05, 0) is 69.4 Å². The fourth-order valence-electron chi connectivity index (χ4n) is 4.73. The molecule has 110 valence electrons. The van der Waals surface area contributed by atoms with Crippen LogP contribution in [0.1, 0.15) is 51.4 Å². The van der Waals surface area contributed by atoms with Crippen molar-refractivity contribution in [3.63, 3.8) is 0 Å². The summed E-state index contributed by atoms with van der Waals surface area (Å²) in [5, 5.41) is 17.0. The predicted octanol–water partition coefficient (Wildman–Crippen LogP) is 1.91. The van der Waals surface area contributed by atoms with Gasteiger partial charge in [0.25, 0.3) is 0 Å². The Hall–Kier alpha value is -0.120. The van der Waals surface area contributed by atoms with Crippen LogP contribution in [-0.2, 0) is 0 Å². The molecule has 1 saturated heterocycles. The summed E-state index contributed by atoms with van der Waals surface area (Å²) in [6, 6.07) is 1.51. The van der Waals surface area contributed by atoms with Gasteiger partial charge in [-0.15, -0.1) is 0 Å². The lowest BCUT2D eigenvalue weighted by molar-refractivity contribution is 0.186. The van der Waals surface area contributed by atoms with E-state index in [1.807, 2.05) is 0 Å². The number of rotatable bonds is 5. The van der Waals surface area contributed by atoms with Gasteiger partial charge in [-0.25, -0.2) is 0 Å². The molecule has 1 heterocycles. The fourth-order valence-corrected chi connectivity index (χ4v) is 4.73. The third kappa shape index (κ3) is 3.14. The summed E-state index contributed by atoms with van der Waals surface area (Å²) in [4.78, 5) is 0. The molecule has 0 radical (unpaired) electrons. The summed E-state index contributed by atoms with van der Waals surface area (Å²) in [5.41, 5.74) is 0. The fraction of sp³-hybridized carbons (Fsp3) is 1.00. The van der Waals surface area contributed by atoms with E-state index < -0.39 is 0 Å². The molecule has 0 aromatic rings. The van der Waals surface area contributed by atoms with Crippen LogP contribution in [0, 0.1) is 17.8 Å². The molecule has 3 fully saturated rings. The minimum Gasteiger partial charge on any atom is -0.396 e. The van der Waals surface area contributed by atoms with Crippen molar-refractivity contribution < 1.29 is 5.11 Å². The molecule has 0 amide bonds. The average molecular weight is 266 g/mol. The Labute approximate surface area is 117 Å². The second kappa shape index (κ2) is 6.55. The maximum absolute atomic E-state index is 9.42. The molecule has 3 heteroatoms. The highest BCUT2D eigenvalue weighted by Gasteiger charge is 2.35. The zero-order chi connectivity index (χ0) is 13.1. The van der Waals surface area contributed by atoms with Crippen molar-refractivity contribution in [2.24, 2.45) is 17.8 Å². The van der Waals surface area contributed by atoms with E-state index in [-0.39, 0.29) is 0 Å². The largest absolute Gasteiger partial charge is 0.396 e. The molecule has 0 spiro atoms. The summed E-state index contributed by atoms with van der Waals surface area (Å²) in [5.74, 6) is 2.15. The molecule has 2 aliphatic carbocycles. The summed E-state index contributed by atoms with van der Waals surface area (Å²) < 4.78 is 0. The highest BCUT2D eigenvalue weighted by atomic mass is 16.3. The van der Waals surface area contributed by atoms with Crippen molar-refractivity contribution in [1.82, 2.24) is 10.6 Å². The molecule has 2 saturated carbocycles. The van der Waals surface area contributed by atoms with Crippen molar-refractivity contribution in [3.05, 3.63) is 0 Å². The van der Waals surface area contributed by atoms with Crippen LogP contribution < -0.4 is 10.6 Å². The van der Waals surface area contributed by atoms with Crippen molar-refractivity contribution in [2.75, 3.05) is 19.7 Å². The maximum Gasteiger partial charge on any atom is 0.0462 e. The first kappa shape index (κ1) is 13.8. The Morgan fingerprint density at radius 3 is 2.58 bits per heavy atom. The van der Waals surface area contributed by atoms with Crippen molar-refractivity contribution >= 4 is 0 Å². The summed E-state index contributed by atoms with van der Waals surface area (Å²) in [6.45, 7) is 2.76. The van der Waals surface area contributed by atoms with Gasteiger partial charge in [0, 0.05) is 18.7 Å². The zero-order valence-corrected chi connectivity index (χ0v) is 12.1. The smallest absolute Gasteiger partial charge is 0.0462 e. The van der Waals surface area contributed by atoms with Crippen LogP contribution in [0.5, 0.6) is 0 Å². The summed E-state index contributed by atoms with van der Waals surface area (Å²) in [6.07, 6.45) is 10.8. The van der Waals surface area contributed by atoms with E-state index in [1.165, 1.54) is 57.9 Å². The van der Waals surface area contributed by atoms with Gasteiger partial charge in [-0.2, -0.15) is 0 Å². The molecule has 1 aliphatic heterocycles. The van der Waals surface area contributed by atoms with Crippen LogP contribution in [0.3, 0.4) is 0 Å². The lowest BCUT2D eigenvalue weighted by Crippen LogP contribution is -2.44. The zero-order valence-electron chi connectivity index (χ0n) is 12.1. The van der Waals surface area contributed by atoms with Crippen LogP contribution in [0.2, 0.25) is 0 Å². The predicted molar refractivity (Wildman–Crippen MR) is 78.1 cm³/mol. The van der Waals surface area contributed by atoms with Crippen LogP contribution in [0.25, 0.3) is 0 Å². The lowest BCUT2D eigenvalue weighted by atomic mass is 9.91. The lowest BCUT2D eigenvalue weighted by Gasteiger charge is -2.28. The number of hydrogen-bond acceptors (Lipinski definition) is 3. The third-order valence-corrected chi connectivity index (χ3v) is 5.88. The Morgan fingerprint density at radius 2 is 1.79 bits per heavy atom. The van der Waals surface area contributed by atoms with E-state index >= 15 is 0 Å². The first-order chi connectivity index (χ1) is 9.38. The van der Waals surface area contributed by atoms with E-state index in [1.54, 1.807) is 0 Å². The second-order valence-electron chi connectivity index (χ2n) is 6.95. The summed E-state index contributed by atoms with van der Waals surface area (Å²) in [7, 11) is 0. The molecule has 0 aromatic carbocycles. The van der Waals surface area contributed by atoms with Gasteiger partial charge >= 0.3 is 0 Å². The molecule has 0 bridgehead atoms. The Balaban J connectivity index is 1.48. The van der Waals surface area contributed by atoms with Crippen LogP contribution >= 0.6 is 0 Å². The molecule has 3 nitrogen and oxygen atoms in total. The standard InChI is InChI=1S/C16H30N2O/c19-11-13-5-1-4-12(13)10-18-16-7-2-6-14(16)15-8-3-9-17-15/h12-19H,1-11H2. The number of hydrogen-bond donors (Lipinski definition) is 3. The SMILES string of the molecule is OCC1CCCC1CNC1CCCC1C1CCCN1. The van der Waals surface area contributed by atoms with E-state index in [0.717, 1.165) is 30.5 Å². The van der Waals surface area contributed by atoms with E-state index in [2.05, 4.69) is 10.6 Å². The number of aliphatic hydroxyl groups is 1. The average Bonchev–Trinajstić information content (AvgIpc) is 3.16. The number of nitrogens with one attached hydrogen (secondary N) is 2. The molecule has 3 aliphatic rings. The molecule has 3 N–H and O–H groups in total. The molecule has 3 rings (SSSR count). The van der Waals surface area contributed by atoms with Crippen LogP contribution in [0.15, 0.2) is 0 Å². The third-order valence-electron chi connectivity index (χ3n) is 5.88. The second-order valence-corrected chi connectivity index (χ2v) is 6.95. The van der Waals surface area contributed by atoms with Gasteiger partial charge in [0.1, 0.15) is 0 Å². The molecular weight excluding hydrogens is 236 g/mol. The van der Waals surface area contributed by atoms with Gasteiger partial charge in [0.05, 0.1) is 0 Å². The van der Waals surface area contributed by atoms with E-state index in [4.69, 9.17) is 0 Å². The van der Waals surface area contributed by atoms with E-state index in [9.17, 15) is 5.11 Å². The van der Waals surface area contributed by atoms with E-state index in [0.29, 0.717) is 12.5 Å². The van der Waals surface area contributed by atoms with Gasteiger partial charge in [-0.1, -0.05) is 12.8 Å². The summed E-state index contributed by atoms with van der Waals surface area (Å²) >= 11 is 0. The number of aliphatic hydroxyl groups excluding tert-OH is 1. The van der Waals surface area contributed by atoms with Gasteiger partial charge in [0.15, 0.2) is 0 Å². The highest BCUT2D eigenvalue weighted by molar-refractivity contribution is 4.94.